The maximum atomic E-state index is 12.4. The van der Waals surface area contributed by atoms with E-state index in [1.807, 2.05) is 24.5 Å². The van der Waals surface area contributed by atoms with Crippen LogP contribution in [0.5, 0.6) is 0 Å². The smallest absolute Gasteiger partial charge is 0.304 e. The summed E-state index contributed by atoms with van der Waals surface area (Å²) in [5, 5.41) is 9.82. The number of carbonyl (C=O) groups excluding carboxylic acids is 1. The molecule has 106 valence electrons. The van der Waals surface area contributed by atoms with Gasteiger partial charge < -0.3 is 5.11 Å². The molecule has 1 unspecified atom stereocenters. The third-order valence-electron chi connectivity index (χ3n) is 3.13. The molecule has 2 heterocycles. The number of carboxylic acid groups (broad SMARTS) is 1. The molecule has 1 N–H and O–H groups in total. The topological polar surface area (TPSA) is 72.2 Å². The third-order valence-corrected chi connectivity index (χ3v) is 4.24. The van der Waals surface area contributed by atoms with E-state index in [4.69, 9.17) is 5.11 Å². The molecule has 0 saturated carbocycles. The monoisotopic (exact) mass is 292 g/mol. The molecule has 0 amide bonds. The Morgan fingerprint density at radius 1 is 1.40 bits per heavy atom. The van der Waals surface area contributed by atoms with E-state index in [-0.39, 0.29) is 18.1 Å². The Morgan fingerprint density at radius 3 is 2.70 bits per heavy atom. The number of ketones is 1. The van der Waals surface area contributed by atoms with Crippen LogP contribution in [0.3, 0.4) is 0 Å². The number of imidazole rings is 1. The number of thiophene rings is 1. The van der Waals surface area contributed by atoms with Gasteiger partial charge in [0.1, 0.15) is 5.00 Å². The number of hydrogen-bond acceptors (Lipinski definition) is 4. The van der Waals surface area contributed by atoms with E-state index in [1.165, 1.54) is 11.3 Å². The predicted molar refractivity (Wildman–Crippen MR) is 76.4 cm³/mol. The maximum Gasteiger partial charge on any atom is 0.304 e. The average molecular weight is 292 g/mol. The van der Waals surface area contributed by atoms with Crippen molar-refractivity contribution in [3.05, 3.63) is 35.7 Å². The normalized spacial score (nSPS) is 12.6. The standard InChI is InChI=1S/C14H16N2O3S/c1-9(2)10(7-13(17)18)14(19)11-3-4-12(20-11)16-6-5-15-8-16/h3-6,8-10H,7H2,1-2H3,(H,17,18). The minimum Gasteiger partial charge on any atom is -0.481 e. The number of Topliss-reactive ketones (excluding diaryl/α,β-unsaturated/α-hetero) is 1. The molecule has 1 atom stereocenters. The quantitative estimate of drug-likeness (QED) is 0.831. The van der Waals surface area contributed by atoms with Crippen LogP contribution in [-0.2, 0) is 4.79 Å². The molecule has 5 nitrogen and oxygen atoms in total. The van der Waals surface area contributed by atoms with Crippen molar-refractivity contribution >= 4 is 23.1 Å². The zero-order chi connectivity index (χ0) is 14.7. The van der Waals surface area contributed by atoms with E-state index < -0.39 is 11.9 Å². The number of aliphatic carboxylic acids is 1. The lowest BCUT2D eigenvalue weighted by Crippen LogP contribution is -2.22. The van der Waals surface area contributed by atoms with Gasteiger partial charge in [0, 0.05) is 18.3 Å². The summed E-state index contributed by atoms with van der Waals surface area (Å²) in [6.45, 7) is 3.74. The molecule has 0 aliphatic rings. The highest BCUT2D eigenvalue weighted by Gasteiger charge is 2.27. The first-order chi connectivity index (χ1) is 9.49. The first kappa shape index (κ1) is 14.5. The lowest BCUT2D eigenvalue weighted by molar-refractivity contribution is -0.138. The first-order valence-corrected chi connectivity index (χ1v) is 7.15. The van der Waals surface area contributed by atoms with Crippen LogP contribution < -0.4 is 0 Å². The van der Waals surface area contributed by atoms with Crippen LogP contribution in [0.2, 0.25) is 0 Å². The molecule has 0 spiro atoms. The fourth-order valence-corrected chi connectivity index (χ4v) is 2.95. The van der Waals surface area contributed by atoms with Gasteiger partial charge in [0.05, 0.1) is 17.6 Å². The number of carbonyl (C=O) groups is 2. The van der Waals surface area contributed by atoms with Crippen LogP contribution in [0, 0.1) is 11.8 Å². The van der Waals surface area contributed by atoms with Crippen LogP contribution in [0.25, 0.3) is 5.00 Å². The third kappa shape index (κ3) is 3.14. The Kier molecular flexibility index (Phi) is 4.34. The van der Waals surface area contributed by atoms with Gasteiger partial charge in [-0.15, -0.1) is 11.3 Å². The van der Waals surface area contributed by atoms with Crippen molar-refractivity contribution in [2.45, 2.75) is 20.3 Å². The van der Waals surface area contributed by atoms with Gasteiger partial charge in [-0.05, 0) is 18.1 Å². The Morgan fingerprint density at radius 2 is 2.15 bits per heavy atom. The van der Waals surface area contributed by atoms with Gasteiger partial charge in [-0.25, -0.2) is 4.98 Å². The molecular weight excluding hydrogens is 276 g/mol. The van der Waals surface area contributed by atoms with Crippen molar-refractivity contribution in [1.82, 2.24) is 9.55 Å². The number of rotatable bonds is 6. The Bertz CT molecular complexity index is 602. The molecule has 2 aromatic heterocycles. The van der Waals surface area contributed by atoms with Gasteiger partial charge in [-0.3, -0.25) is 14.2 Å². The molecule has 2 aromatic rings. The van der Waals surface area contributed by atoms with Crippen LogP contribution >= 0.6 is 11.3 Å². The molecule has 6 heteroatoms. The van der Waals surface area contributed by atoms with E-state index in [0.717, 1.165) is 5.00 Å². The Hall–Kier alpha value is -1.95. The fourth-order valence-electron chi connectivity index (χ4n) is 1.99. The summed E-state index contributed by atoms with van der Waals surface area (Å²) in [4.78, 5) is 27.9. The van der Waals surface area contributed by atoms with Crippen LogP contribution in [0.1, 0.15) is 29.9 Å². The molecule has 0 saturated heterocycles. The number of nitrogens with zero attached hydrogens (tertiary/aromatic N) is 2. The largest absolute Gasteiger partial charge is 0.481 e. The molecule has 0 aromatic carbocycles. The molecule has 0 aliphatic carbocycles. The van der Waals surface area contributed by atoms with E-state index in [2.05, 4.69) is 4.98 Å². The number of carboxylic acids is 1. The summed E-state index contributed by atoms with van der Waals surface area (Å²) in [5.41, 5.74) is 0. The zero-order valence-electron chi connectivity index (χ0n) is 11.3. The lowest BCUT2D eigenvalue weighted by Gasteiger charge is -2.16. The van der Waals surface area contributed by atoms with Crippen molar-refractivity contribution in [2.24, 2.45) is 11.8 Å². The van der Waals surface area contributed by atoms with Gasteiger partial charge in [0.25, 0.3) is 0 Å². The second-order valence-corrected chi connectivity index (χ2v) is 5.98. The minimum atomic E-state index is -0.941. The van der Waals surface area contributed by atoms with Gasteiger partial charge >= 0.3 is 5.97 Å². The van der Waals surface area contributed by atoms with Gasteiger partial charge in [0.2, 0.25) is 0 Å². The Balaban J connectivity index is 2.22. The van der Waals surface area contributed by atoms with Crippen LogP contribution in [0.4, 0.5) is 0 Å². The van der Waals surface area contributed by atoms with Crippen LogP contribution in [-0.4, -0.2) is 26.4 Å². The number of aromatic nitrogens is 2. The van der Waals surface area contributed by atoms with Gasteiger partial charge in [-0.1, -0.05) is 13.8 Å². The summed E-state index contributed by atoms with van der Waals surface area (Å²) in [6, 6.07) is 3.59. The van der Waals surface area contributed by atoms with Crippen molar-refractivity contribution in [1.29, 1.82) is 0 Å². The highest BCUT2D eigenvalue weighted by molar-refractivity contribution is 7.16. The molecule has 2 rings (SSSR count). The molecule has 20 heavy (non-hydrogen) atoms. The van der Waals surface area contributed by atoms with Crippen molar-refractivity contribution in [3.63, 3.8) is 0 Å². The predicted octanol–water partition coefficient (Wildman–Crippen LogP) is 2.86. The molecule has 0 aliphatic heterocycles. The second kappa shape index (κ2) is 6.00. The molecule has 0 radical (unpaired) electrons. The summed E-state index contributed by atoms with van der Waals surface area (Å²) in [5.74, 6) is -1.53. The van der Waals surface area contributed by atoms with Gasteiger partial charge in [-0.2, -0.15) is 0 Å². The highest BCUT2D eigenvalue weighted by atomic mass is 32.1. The molecule has 0 fully saturated rings. The average Bonchev–Trinajstić information content (AvgIpc) is 3.04. The number of hydrogen-bond donors (Lipinski definition) is 1. The van der Waals surface area contributed by atoms with Crippen molar-refractivity contribution in [2.75, 3.05) is 0 Å². The summed E-state index contributed by atoms with van der Waals surface area (Å²) < 4.78 is 1.82. The lowest BCUT2D eigenvalue weighted by atomic mass is 9.88. The van der Waals surface area contributed by atoms with E-state index in [1.54, 1.807) is 24.8 Å². The first-order valence-electron chi connectivity index (χ1n) is 6.33. The summed E-state index contributed by atoms with van der Waals surface area (Å²) in [6.07, 6.45) is 5.01. The van der Waals surface area contributed by atoms with E-state index in [0.29, 0.717) is 4.88 Å². The van der Waals surface area contributed by atoms with Crippen molar-refractivity contribution in [3.8, 4) is 5.00 Å². The minimum absolute atomic E-state index is 0.00241. The van der Waals surface area contributed by atoms with Crippen molar-refractivity contribution < 1.29 is 14.7 Å². The van der Waals surface area contributed by atoms with Crippen LogP contribution in [0.15, 0.2) is 30.9 Å². The SMILES string of the molecule is CC(C)C(CC(=O)O)C(=O)c1ccc(-n2ccnc2)s1. The maximum absolute atomic E-state index is 12.4. The summed E-state index contributed by atoms with van der Waals surface area (Å²) >= 11 is 1.35. The second-order valence-electron chi connectivity index (χ2n) is 4.92. The Labute approximate surface area is 120 Å². The zero-order valence-corrected chi connectivity index (χ0v) is 12.1. The fraction of sp³-hybridized carbons (Fsp3) is 0.357. The molecular formula is C14H16N2O3S. The van der Waals surface area contributed by atoms with Gasteiger partial charge in [0.15, 0.2) is 5.78 Å². The summed E-state index contributed by atoms with van der Waals surface area (Å²) in [7, 11) is 0. The highest BCUT2D eigenvalue weighted by Crippen LogP contribution is 2.27. The van der Waals surface area contributed by atoms with E-state index >= 15 is 0 Å². The molecule has 0 bridgehead atoms. The van der Waals surface area contributed by atoms with E-state index in [9.17, 15) is 9.59 Å².